The van der Waals surface area contributed by atoms with E-state index in [-0.39, 0.29) is 11.9 Å². The lowest BCUT2D eigenvalue weighted by Gasteiger charge is -2.38. The van der Waals surface area contributed by atoms with Crippen LogP contribution in [-0.4, -0.2) is 36.5 Å². The average molecular weight is 326 g/mol. The van der Waals surface area contributed by atoms with Gasteiger partial charge in [-0.3, -0.25) is 4.79 Å². The van der Waals surface area contributed by atoms with Gasteiger partial charge in [-0.1, -0.05) is 24.6 Å². The molecule has 0 spiro atoms. The van der Waals surface area contributed by atoms with Gasteiger partial charge in [-0.05, 0) is 57.0 Å². The van der Waals surface area contributed by atoms with E-state index < -0.39 is 0 Å². The summed E-state index contributed by atoms with van der Waals surface area (Å²) in [6, 6.07) is 11.9. The summed E-state index contributed by atoms with van der Waals surface area (Å²) in [4.78, 5) is 17.4. The molecule has 4 heteroatoms. The summed E-state index contributed by atoms with van der Waals surface area (Å²) in [5.74, 6) is 0.365. The summed E-state index contributed by atoms with van der Waals surface area (Å²) >= 11 is 0. The second-order valence-electron chi connectivity index (χ2n) is 6.56. The van der Waals surface area contributed by atoms with Gasteiger partial charge in [0.1, 0.15) is 0 Å². The van der Waals surface area contributed by atoms with Gasteiger partial charge >= 0.3 is 0 Å². The molecule has 2 aromatic rings. The zero-order chi connectivity index (χ0) is 16.9. The number of piperidine rings is 1. The van der Waals surface area contributed by atoms with Gasteiger partial charge in [0.05, 0.1) is 6.26 Å². The molecule has 0 saturated carbocycles. The summed E-state index contributed by atoms with van der Waals surface area (Å²) in [6.07, 6.45) is 4.74. The van der Waals surface area contributed by atoms with E-state index in [1.807, 2.05) is 17.0 Å². The molecule has 0 bridgehead atoms. The Morgan fingerprint density at radius 2 is 1.92 bits per heavy atom. The molecule has 0 atom stereocenters. The number of amides is 1. The largest absolute Gasteiger partial charge is 0.459 e. The topological polar surface area (TPSA) is 36.7 Å². The fourth-order valence-corrected chi connectivity index (χ4v) is 3.44. The van der Waals surface area contributed by atoms with Gasteiger partial charge in [0, 0.05) is 24.8 Å². The second kappa shape index (κ2) is 7.67. The van der Waals surface area contributed by atoms with Crippen molar-refractivity contribution in [2.75, 3.05) is 24.5 Å². The quantitative estimate of drug-likeness (QED) is 0.830. The minimum atomic E-state index is -0.0437. The first-order valence-corrected chi connectivity index (χ1v) is 8.85. The zero-order valence-electron chi connectivity index (χ0n) is 14.6. The molecule has 1 aromatic carbocycles. The van der Waals surface area contributed by atoms with Crippen LogP contribution in [0, 0.1) is 6.92 Å². The molecule has 1 amide bonds. The van der Waals surface area contributed by atoms with Gasteiger partial charge in [-0.25, -0.2) is 0 Å². The lowest BCUT2D eigenvalue weighted by atomic mass is 10.0. The van der Waals surface area contributed by atoms with E-state index in [4.69, 9.17) is 4.42 Å². The van der Waals surface area contributed by atoms with Crippen LogP contribution in [0.1, 0.15) is 42.3 Å². The maximum atomic E-state index is 13.0. The maximum Gasteiger partial charge on any atom is 0.294 e. The minimum Gasteiger partial charge on any atom is -0.459 e. The molecule has 1 saturated heterocycles. The van der Waals surface area contributed by atoms with Crippen LogP contribution in [0.25, 0.3) is 0 Å². The Morgan fingerprint density at radius 1 is 1.21 bits per heavy atom. The van der Waals surface area contributed by atoms with Crippen molar-refractivity contribution >= 4 is 11.6 Å². The number of rotatable bonds is 5. The predicted molar refractivity (Wildman–Crippen MR) is 96.4 cm³/mol. The summed E-state index contributed by atoms with van der Waals surface area (Å²) in [7, 11) is 0. The molecule has 0 N–H and O–H groups in total. The van der Waals surface area contributed by atoms with Gasteiger partial charge in [0.2, 0.25) is 0 Å². The van der Waals surface area contributed by atoms with Gasteiger partial charge in [0.25, 0.3) is 5.91 Å². The summed E-state index contributed by atoms with van der Waals surface area (Å²) in [5, 5.41) is 0. The van der Waals surface area contributed by atoms with Crippen LogP contribution in [0.5, 0.6) is 0 Å². The minimum absolute atomic E-state index is 0.0437. The van der Waals surface area contributed by atoms with Gasteiger partial charge in [-0.2, -0.15) is 0 Å². The lowest BCUT2D eigenvalue weighted by molar-refractivity contribution is 0.0933. The highest BCUT2D eigenvalue weighted by Crippen LogP contribution is 2.26. The Bertz CT molecular complexity index is 641. The molecule has 24 heavy (non-hydrogen) atoms. The van der Waals surface area contributed by atoms with Crippen molar-refractivity contribution in [2.24, 2.45) is 0 Å². The highest BCUT2D eigenvalue weighted by molar-refractivity contribution is 6.04. The Labute approximate surface area is 144 Å². The number of nitrogens with zero attached hydrogens (tertiary/aromatic N) is 2. The number of carbonyl (C=O) groups is 1. The van der Waals surface area contributed by atoms with Crippen LogP contribution in [0.15, 0.2) is 47.1 Å². The summed E-state index contributed by atoms with van der Waals surface area (Å²) in [5.41, 5.74) is 2.15. The zero-order valence-corrected chi connectivity index (χ0v) is 14.6. The third-order valence-corrected chi connectivity index (χ3v) is 4.72. The molecule has 0 unspecified atom stereocenters. The number of benzene rings is 1. The number of anilines is 1. The maximum absolute atomic E-state index is 13.0. The lowest BCUT2D eigenvalue weighted by Crippen LogP contribution is -2.47. The first-order chi connectivity index (χ1) is 11.7. The number of furan rings is 1. The van der Waals surface area contributed by atoms with E-state index in [1.54, 1.807) is 18.4 Å². The molecular formula is C20H26N2O2. The molecule has 2 heterocycles. The summed E-state index contributed by atoms with van der Waals surface area (Å²) in [6.45, 7) is 7.51. The average Bonchev–Trinajstić information content (AvgIpc) is 3.13. The molecule has 0 radical (unpaired) electrons. The molecule has 1 aliphatic heterocycles. The Hall–Kier alpha value is -2.07. The highest BCUT2D eigenvalue weighted by atomic mass is 16.3. The third-order valence-electron chi connectivity index (χ3n) is 4.72. The molecule has 1 aromatic heterocycles. The van der Waals surface area contributed by atoms with Crippen molar-refractivity contribution in [3.63, 3.8) is 0 Å². The van der Waals surface area contributed by atoms with E-state index in [0.29, 0.717) is 5.76 Å². The molecule has 3 rings (SSSR count). The molecule has 4 nitrogen and oxygen atoms in total. The third kappa shape index (κ3) is 3.70. The predicted octanol–water partition coefficient (Wildman–Crippen LogP) is 4.11. The van der Waals surface area contributed by atoms with E-state index in [1.165, 1.54) is 12.0 Å². The van der Waals surface area contributed by atoms with E-state index >= 15 is 0 Å². The van der Waals surface area contributed by atoms with E-state index in [0.717, 1.165) is 38.2 Å². The van der Waals surface area contributed by atoms with Crippen molar-refractivity contribution in [3.8, 4) is 0 Å². The monoisotopic (exact) mass is 326 g/mol. The molecule has 1 fully saturated rings. The van der Waals surface area contributed by atoms with E-state index in [9.17, 15) is 4.79 Å². The van der Waals surface area contributed by atoms with Crippen LogP contribution >= 0.6 is 0 Å². The standard InChI is InChI=1S/C20H26N2O2/c1-3-12-21-13-10-18(11-14-21)22(17-8-6-16(2)7-9-17)20(23)19-5-4-15-24-19/h4-9,15,18H,3,10-14H2,1-2H3. The van der Waals surface area contributed by atoms with Crippen LogP contribution < -0.4 is 4.90 Å². The first kappa shape index (κ1) is 16.8. The van der Waals surface area contributed by atoms with Crippen molar-refractivity contribution in [1.82, 2.24) is 4.90 Å². The number of aryl methyl sites for hydroxylation is 1. The fraction of sp³-hybridized carbons (Fsp3) is 0.450. The second-order valence-corrected chi connectivity index (χ2v) is 6.56. The normalized spacial score (nSPS) is 16.2. The number of hydrogen-bond acceptors (Lipinski definition) is 3. The number of carbonyl (C=O) groups excluding carboxylic acids is 1. The molecular weight excluding hydrogens is 300 g/mol. The Balaban J connectivity index is 1.83. The van der Waals surface area contributed by atoms with Crippen molar-refractivity contribution in [2.45, 2.75) is 39.2 Å². The first-order valence-electron chi connectivity index (χ1n) is 8.85. The smallest absolute Gasteiger partial charge is 0.294 e. The fourth-order valence-electron chi connectivity index (χ4n) is 3.44. The Kier molecular flexibility index (Phi) is 5.36. The number of likely N-dealkylation sites (tertiary alicyclic amines) is 1. The van der Waals surface area contributed by atoms with Gasteiger partial charge in [0.15, 0.2) is 5.76 Å². The molecule has 128 valence electrons. The van der Waals surface area contributed by atoms with Gasteiger partial charge in [-0.15, -0.1) is 0 Å². The van der Waals surface area contributed by atoms with Crippen LogP contribution in [0.2, 0.25) is 0 Å². The number of hydrogen-bond donors (Lipinski definition) is 0. The molecule has 1 aliphatic rings. The highest BCUT2D eigenvalue weighted by Gasteiger charge is 2.30. The van der Waals surface area contributed by atoms with Crippen LogP contribution in [-0.2, 0) is 0 Å². The van der Waals surface area contributed by atoms with Crippen molar-refractivity contribution in [3.05, 3.63) is 54.0 Å². The SMILES string of the molecule is CCCN1CCC(N(C(=O)c2ccco2)c2ccc(C)cc2)CC1. The van der Waals surface area contributed by atoms with E-state index in [2.05, 4.69) is 30.9 Å². The molecule has 0 aliphatic carbocycles. The van der Waals surface area contributed by atoms with Gasteiger partial charge < -0.3 is 14.2 Å². The Morgan fingerprint density at radius 3 is 2.50 bits per heavy atom. The summed E-state index contributed by atoms with van der Waals surface area (Å²) < 4.78 is 5.37. The van der Waals surface area contributed by atoms with Crippen LogP contribution in [0.4, 0.5) is 5.69 Å². The van der Waals surface area contributed by atoms with Crippen molar-refractivity contribution in [1.29, 1.82) is 0 Å². The van der Waals surface area contributed by atoms with Crippen molar-refractivity contribution < 1.29 is 9.21 Å². The van der Waals surface area contributed by atoms with Crippen LogP contribution in [0.3, 0.4) is 0 Å².